The fourth-order valence-corrected chi connectivity index (χ4v) is 2.08. The van der Waals surface area contributed by atoms with Crippen LogP contribution in [0.15, 0.2) is 64.1 Å². The number of imide groups is 1. The predicted molar refractivity (Wildman–Crippen MR) is 83.2 cm³/mol. The summed E-state index contributed by atoms with van der Waals surface area (Å²) in [5.74, 6) is -1.53. The first-order chi connectivity index (χ1) is 11.6. The maximum Gasteiger partial charge on any atom is 0.282 e. The molecule has 0 aliphatic carbocycles. The molecular weight excluding hydrogens is 313 g/mol. The quantitative estimate of drug-likeness (QED) is 0.642. The number of amides is 2. The van der Waals surface area contributed by atoms with E-state index in [1.807, 2.05) is 0 Å². The van der Waals surface area contributed by atoms with Crippen molar-refractivity contribution in [3.05, 3.63) is 60.2 Å². The van der Waals surface area contributed by atoms with E-state index < -0.39 is 23.7 Å². The van der Waals surface area contributed by atoms with Crippen LogP contribution >= 0.6 is 0 Å². The van der Waals surface area contributed by atoms with Gasteiger partial charge < -0.3 is 0 Å². The topological polar surface area (TPSA) is 87.4 Å². The highest BCUT2D eigenvalue weighted by Gasteiger charge is 2.38. The Balaban J connectivity index is 1.78. The lowest BCUT2D eigenvalue weighted by Gasteiger charge is -2.10. The summed E-state index contributed by atoms with van der Waals surface area (Å²) in [4.78, 5) is 28.5. The number of nitrogens with zero attached hydrogens (tertiary/aromatic N) is 5. The maximum atomic E-state index is 12.9. The van der Waals surface area contributed by atoms with Crippen molar-refractivity contribution in [2.75, 3.05) is 0 Å². The molecule has 1 aromatic carbocycles. The summed E-state index contributed by atoms with van der Waals surface area (Å²) in [7, 11) is 0. The molecule has 1 aliphatic rings. The molecule has 2 amide bonds. The molecule has 2 heterocycles. The minimum absolute atomic E-state index is 0.297. The van der Waals surface area contributed by atoms with Crippen molar-refractivity contribution >= 4 is 23.2 Å². The highest BCUT2D eigenvalue weighted by molar-refractivity contribution is 6.18. The SMILES string of the molecule is CC1=NN(C(=O)c2ccncc2)C(=O)[C@@H]1N=Nc1ccc(F)cc1. The molecule has 1 aliphatic heterocycles. The standard InChI is InChI=1S/C16H12FN5O2/c1-10-14(20-19-13-4-2-12(17)3-5-13)16(24)22(21-10)15(23)11-6-8-18-9-7-11/h2-9,14H,1H3/t14-/m1/s1. The van der Waals surface area contributed by atoms with Gasteiger partial charge in [-0.3, -0.25) is 14.6 Å². The van der Waals surface area contributed by atoms with Crippen LogP contribution in [-0.2, 0) is 4.79 Å². The van der Waals surface area contributed by atoms with Gasteiger partial charge in [-0.2, -0.15) is 20.3 Å². The smallest absolute Gasteiger partial charge is 0.269 e. The number of hydrazone groups is 1. The zero-order valence-corrected chi connectivity index (χ0v) is 12.6. The van der Waals surface area contributed by atoms with Crippen molar-refractivity contribution in [3.63, 3.8) is 0 Å². The average molecular weight is 325 g/mol. The van der Waals surface area contributed by atoms with Gasteiger partial charge in [0.15, 0.2) is 6.04 Å². The molecule has 0 saturated carbocycles. The van der Waals surface area contributed by atoms with E-state index in [1.165, 1.54) is 48.8 Å². The summed E-state index contributed by atoms with van der Waals surface area (Å²) in [6, 6.07) is 7.37. The molecule has 0 fully saturated rings. The molecule has 0 radical (unpaired) electrons. The monoisotopic (exact) mass is 325 g/mol. The third kappa shape index (κ3) is 3.07. The van der Waals surface area contributed by atoms with Crippen molar-refractivity contribution in [2.45, 2.75) is 13.0 Å². The summed E-state index contributed by atoms with van der Waals surface area (Å²) >= 11 is 0. The molecule has 2 aromatic rings. The van der Waals surface area contributed by atoms with Crippen LogP contribution in [0.3, 0.4) is 0 Å². The summed E-state index contributed by atoms with van der Waals surface area (Å²) in [5, 5.41) is 12.6. The number of benzene rings is 1. The third-order valence-electron chi connectivity index (χ3n) is 3.33. The van der Waals surface area contributed by atoms with E-state index in [0.717, 1.165) is 5.01 Å². The van der Waals surface area contributed by atoms with Gasteiger partial charge >= 0.3 is 0 Å². The minimum atomic E-state index is -0.971. The van der Waals surface area contributed by atoms with E-state index in [9.17, 15) is 14.0 Å². The summed E-state index contributed by atoms with van der Waals surface area (Å²) in [6.07, 6.45) is 2.91. The first-order valence-electron chi connectivity index (χ1n) is 7.06. The molecule has 0 unspecified atom stereocenters. The zero-order chi connectivity index (χ0) is 17.1. The largest absolute Gasteiger partial charge is 0.282 e. The molecule has 0 N–H and O–H groups in total. The van der Waals surface area contributed by atoms with Crippen LogP contribution in [0.2, 0.25) is 0 Å². The Morgan fingerprint density at radius 3 is 2.50 bits per heavy atom. The summed E-state index contributed by atoms with van der Waals surface area (Å²) in [6.45, 7) is 1.59. The van der Waals surface area contributed by atoms with E-state index in [0.29, 0.717) is 17.0 Å². The van der Waals surface area contributed by atoms with E-state index >= 15 is 0 Å². The number of hydrogen-bond donors (Lipinski definition) is 0. The summed E-state index contributed by atoms with van der Waals surface area (Å²) in [5.41, 5.74) is 1.05. The van der Waals surface area contributed by atoms with Gasteiger partial charge in [0.2, 0.25) is 0 Å². The second-order valence-electron chi connectivity index (χ2n) is 5.03. The van der Waals surface area contributed by atoms with Crippen LogP contribution < -0.4 is 0 Å². The maximum absolute atomic E-state index is 12.9. The third-order valence-corrected chi connectivity index (χ3v) is 3.33. The zero-order valence-electron chi connectivity index (χ0n) is 12.6. The second-order valence-corrected chi connectivity index (χ2v) is 5.03. The van der Waals surface area contributed by atoms with E-state index in [4.69, 9.17) is 0 Å². The Morgan fingerprint density at radius 1 is 1.17 bits per heavy atom. The van der Waals surface area contributed by atoms with Gasteiger partial charge in [0.1, 0.15) is 5.82 Å². The Bertz CT molecular complexity index is 833. The van der Waals surface area contributed by atoms with Crippen LogP contribution in [0.5, 0.6) is 0 Å². The molecule has 1 atom stereocenters. The molecular formula is C16H12FN5O2. The molecule has 120 valence electrons. The molecule has 3 rings (SSSR count). The van der Waals surface area contributed by atoms with Crippen LogP contribution in [0.1, 0.15) is 17.3 Å². The Morgan fingerprint density at radius 2 is 1.83 bits per heavy atom. The van der Waals surface area contributed by atoms with Crippen molar-refractivity contribution in [3.8, 4) is 0 Å². The molecule has 8 heteroatoms. The van der Waals surface area contributed by atoms with Crippen LogP contribution in [0, 0.1) is 5.82 Å². The molecule has 0 spiro atoms. The number of azo groups is 1. The van der Waals surface area contributed by atoms with Crippen molar-refractivity contribution < 1.29 is 14.0 Å². The lowest BCUT2D eigenvalue weighted by atomic mass is 10.2. The lowest BCUT2D eigenvalue weighted by molar-refractivity contribution is -0.127. The van der Waals surface area contributed by atoms with E-state index in [2.05, 4.69) is 20.3 Å². The molecule has 1 aromatic heterocycles. The number of rotatable bonds is 3. The van der Waals surface area contributed by atoms with Gasteiger partial charge in [-0.1, -0.05) is 0 Å². The molecule has 7 nitrogen and oxygen atoms in total. The predicted octanol–water partition coefficient (Wildman–Crippen LogP) is 2.73. The lowest BCUT2D eigenvalue weighted by Crippen LogP contribution is -2.34. The fraction of sp³-hybridized carbons (Fsp3) is 0.125. The molecule has 0 saturated heterocycles. The highest BCUT2D eigenvalue weighted by Crippen LogP contribution is 2.19. The number of halogens is 1. The normalized spacial score (nSPS) is 17.4. The van der Waals surface area contributed by atoms with Crippen molar-refractivity contribution in [1.29, 1.82) is 0 Å². The van der Waals surface area contributed by atoms with Gasteiger partial charge in [-0.15, -0.1) is 0 Å². The summed E-state index contributed by atoms with van der Waals surface area (Å²) < 4.78 is 12.9. The van der Waals surface area contributed by atoms with E-state index in [-0.39, 0.29) is 0 Å². The van der Waals surface area contributed by atoms with Crippen LogP contribution in [0.25, 0.3) is 0 Å². The number of carbonyl (C=O) groups is 2. The van der Waals surface area contributed by atoms with E-state index in [1.54, 1.807) is 6.92 Å². The number of pyridine rings is 1. The van der Waals surface area contributed by atoms with Gasteiger partial charge in [-0.05, 0) is 43.3 Å². The number of carbonyl (C=O) groups excluding carboxylic acids is 2. The van der Waals surface area contributed by atoms with Crippen molar-refractivity contribution in [1.82, 2.24) is 9.99 Å². The molecule has 0 bridgehead atoms. The minimum Gasteiger partial charge on any atom is -0.269 e. The van der Waals surface area contributed by atoms with Gasteiger partial charge in [0, 0.05) is 18.0 Å². The number of aromatic nitrogens is 1. The Labute approximate surface area is 136 Å². The second kappa shape index (κ2) is 6.45. The van der Waals surface area contributed by atoms with Gasteiger partial charge in [-0.25, -0.2) is 4.39 Å². The molecule has 24 heavy (non-hydrogen) atoms. The van der Waals surface area contributed by atoms with Gasteiger partial charge in [0.05, 0.1) is 11.4 Å². The number of hydrogen-bond acceptors (Lipinski definition) is 6. The fourth-order valence-electron chi connectivity index (χ4n) is 2.08. The van der Waals surface area contributed by atoms with Crippen molar-refractivity contribution in [2.24, 2.45) is 15.3 Å². The van der Waals surface area contributed by atoms with Crippen LogP contribution in [-0.4, -0.2) is 33.6 Å². The Kier molecular flexibility index (Phi) is 4.19. The highest BCUT2D eigenvalue weighted by atomic mass is 19.1. The van der Waals surface area contributed by atoms with Crippen LogP contribution in [0.4, 0.5) is 10.1 Å². The Hall–Kier alpha value is -3.29. The van der Waals surface area contributed by atoms with Gasteiger partial charge in [0.25, 0.3) is 11.8 Å². The average Bonchev–Trinajstić information content (AvgIpc) is 2.89. The first kappa shape index (κ1) is 15.6. The first-order valence-corrected chi connectivity index (χ1v) is 7.06.